The summed E-state index contributed by atoms with van der Waals surface area (Å²) in [6.07, 6.45) is -4.43. The molecule has 1 atom stereocenters. The third kappa shape index (κ3) is 3.10. The van der Waals surface area contributed by atoms with E-state index in [1.165, 1.54) is 11.0 Å². The molecular weight excluding hydrogens is 261 g/mol. The van der Waals surface area contributed by atoms with Gasteiger partial charge in [0.1, 0.15) is 6.04 Å². The van der Waals surface area contributed by atoms with Crippen LogP contribution in [0.3, 0.4) is 0 Å². The summed E-state index contributed by atoms with van der Waals surface area (Å²) < 4.78 is 39.6. The lowest BCUT2D eigenvalue weighted by Gasteiger charge is -2.36. The second-order valence-electron chi connectivity index (χ2n) is 4.48. The molecule has 4 nitrogen and oxygen atoms in total. The number of rotatable bonds is 2. The van der Waals surface area contributed by atoms with Gasteiger partial charge in [-0.25, -0.2) is 0 Å². The van der Waals surface area contributed by atoms with E-state index in [9.17, 15) is 23.4 Å². The van der Waals surface area contributed by atoms with E-state index in [1.807, 2.05) is 0 Å². The first-order valence-electron chi connectivity index (χ1n) is 5.93. The Bertz CT molecular complexity index is 445. The van der Waals surface area contributed by atoms with E-state index >= 15 is 0 Å². The smallest absolute Gasteiger partial charge is 0.408 e. The van der Waals surface area contributed by atoms with Crippen LogP contribution in [0.2, 0.25) is 0 Å². The average Bonchev–Trinajstić information content (AvgIpc) is 2.34. The maximum absolute atomic E-state index is 13.2. The molecule has 1 aromatic rings. The summed E-state index contributed by atoms with van der Waals surface area (Å²) in [5.41, 5.74) is -0.0651. The lowest BCUT2D eigenvalue weighted by Crippen LogP contribution is -2.49. The van der Waals surface area contributed by atoms with Gasteiger partial charge in [-0.1, -0.05) is 6.07 Å². The van der Waals surface area contributed by atoms with Gasteiger partial charge in [0.15, 0.2) is 11.5 Å². The van der Waals surface area contributed by atoms with E-state index in [2.05, 4.69) is 5.32 Å². The van der Waals surface area contributed by atoms with Crippen LogP contribution in [-0.2, 0) is 0 Å². The van der Waals surface area contributed by atoms with E-state index < -0.39 is 23.7 Å². The zero-order chi connectivity index (χ0) is 14.0. The summed E-state index contributed by atoms with van der Waals surface area (Å²) >= 11 is 0. The zero-order valence-electron chi connectivity index (χ0n) is 10.1. The van der Waals surface area contributed by atoms with E-state index in [1.54, 1.807) is 0 Å². The van der Waals surface area contributed by atoms with Crippen LogP contribution >= 0.6 is 0 Å². The molecule has 3 N–H and O–H groups in total. The highest BCUT2D eigenvalue weighted by Crippen LogP contribution is 2.40. The summed E-state index contributed by atoms with van der Waals surface area (Å²) in [7, 11) is 0. The largest absolute Gasteiger partial charge is 0.504 e. The van der Waals surface area contributed by atoms with Gasteiger partial charge >= 0.3 is 6.18 Å². The normalized spacial score (nSPS) is 19.3. The topological polar surface area (TPSA) is 55.7 Å². The predicted molar refractivity (Wildman–Crippen MR) is 63.0 cm³/mol. The average molecular weight is 276 g/mol. The number of halogens is 3. The molecule has 1 heterocycles. The maximum Gasteiger partial charge on any atom is 0.408 e. The molecule has 0 bridgehead atoms. The van der Waals surface area contributed by atoms with Crippen LogP contribution in [-0.4, -0.2) is 47.5 Å². The minimum Gasteiger partial charge on any atom is -0.504 e. The summed E-state index contributed by atoms with van der Waals surface area (Å²) in [6.45, 7) is 1.56. The van der Waals surface area contributed by atoms with Crippen molar-refractivity contribution in [1.29, 1.82) is 0 Å². The number of nitrogens with zero attached hydrogens (tertiary/aromatic N) is 1. The van der Waals surface area contributed by atoms with Gasteiger partial charge in [-0.2, -0.15) is 13.2 Å². The molecule has 2 rings (SSSR count). The van der Waals surface area contributed by atoms with E-state index in [-0.39, 0.29) is 18.7 Å². The fraction of sp³-hybridized carbons (Fsp3) is 0.500. The summed E-state index contributed by atoms with van der Waals surface area (Å²) in [4.78, 5) is 1.32. The zero-order valence-corrected chi connectivity index (χ0v) is 10.1. The first-order valence-corrected chi connectivity index (χ1v) is 5.93. The number of hydrogen-bond acceptors (Lipinski definition) is 4. The van der Waals surface area contributed by atoms with E-state index in [4.69, 9.17) is 0 Å². The summed E-state index contributed by atoms with van der Waals surface area (Å²) in [5.74, 6) is -0.966. The molecule has 0 radical (unpaired) electrons. The summed E-state index contributed by atoms with van der Waals surface area (Å²) in [5, 5.41) is 21.5. The van der Waals surface area contributed by atoms with Crippen LogP contribution in [0.4, 0.5) is 13.2 Å². The van der Waals surface area contributed by atoms with Crippen LogP contribution in [0.15, 0.2) is 18.2 Å². The molecule has 1 aliphatic heterocycles. The van der Waals surface area contributed by atoms with Crippen molar-refractivity contribution in [3.8, 4) is 11.5 Å². The van der Waals surface area contributed by atoms with Crippen LogP contribution < -0.4 is 5.32 Å². The molecule has 1 fully saturated rings. The highest BCUT2D eigenvalue weighted by Gasteiger charge is 2.45. The third-order valence-corrected chi connectivity index (χ3v) is 3.14. The van der Waals surface area contributed by atoms with Gasteiger partial charge in [-0.05, 0) is 17.7 Å². The third-order valence-electron chi connectivity index (χ3n) is 3.14. The number of hydrogen-bond donors (Lipinski definition) is 3. The molecule has 0 saturated carbocycles. The van der Waals surface area contributed by atoms with Gasteiger partial charge in [-0.15, -0.1) is 0 Å². The van der Waals surface area contributed by atoms with E-state index in [0.29, 0.717) is 13.1 Å². The standard InChI is InChI=1S/C12H15F3N2O2/c13-12(14,15)11(17-5-3-16-4-6-17)8-1-2-9(18)10(19)7-8/h1-2,7,11,16,18-19H,3-6H2/t11-/m1/s1. The Morgan fingerprint density at radius 1 is 1.11 bits per heavy atom. The number of nitrogens with one attached hydrogen (secondary N) is 1. The Balaban J connectivity index is 2.33. The van der Waals surface area contributed by atoms with Gasteiger partial charge in [0, 0.05) is 26.2 Å². The van der Waals surface area contributed by atoms with Gasteiger partial charge in [0.2, 0.25) is 0 Å². The predicted octanol–water partition coefficient (Wildman–Crippen LogP) is 1.61. The first kappa shape index (κ1) is 14.0. The maximum atomic E-state index is 13.2. The number of aromatic hydroxyl groups is 2. The number of phenolic OH excluding ortho intramolecular Hbond substituents is 2. The number of benzene rings is 1. The van der Waals surface area contributed by atoms with E-state index in [0.717, 1.165) is 12.1 Å². The molecular formula is C12H15F3N2O2. The Morgan fingerprint density at radius 3 is 2.26 bits per heavy atom. The van der Waals surface area contributed by atoms with Crippen molar-refractivity contribution in [3.63, 3.8) is 0 Å². The molecule has 0 unspecified atom stereocenters. The molecule has 1 aromatic carbocycles. The Morgan fingerprint density at radius 2 is 1.74 bits per heavy atom. The first-order chi connectivity index (χ1) is 8.89. The quantitative estimate of drug-likeness (QED) is 0.718. The lowest BCUT2D eigenvalue weighted by atomic mass is 10.0. The second-order valence-corrected chi connectivity index (χ2v) is 4.48. The molecule has 0 aromatic heterocycles. The lowest BCUT2D eigenvalue weighted by molar-refractivity contribution is -0.187. The molecule has 0 aliphatic carbocycles. The SMILES string of the molecule is Oc1ccc([C@@H](N2CCNCC2)C(F)(F)F)cc1O. The molecule has 0 spiro atoms. The fourth-order valence-corrected chi connectivity index (χ4v) is 2.26. The summed E-state index contributed by atoms with van der Waals surface area (Å²) in [6, 6.07) is 1.47. The van der Waals surface area contributed by atoms with Gasteiger partial charge in [0.05, 0.1) is 0 Å². The monoisotopic (exact) mass is 276 g/mol. The van der Waals surface area contributed by atoms with Crippen molar-refractivity contribution >= 4 is 0 Å². The highest BCUT2D eigenvalue weighted by atomic mass is 19.4. The second kappa shape index (κ2) is 5.26. The highest BCUT2D eigenvalue weighted by molar-refractivity contribution is 5.42. The molecule has 1 aliphatic rings. The molecule has 19 heavy (non-hydrogen) atoms. The Labute approximate surface area is 108 Å². The molecule has 106 valence electrons. The van der Waals surface area contributed by atoms with Crippen molar-refractivity contribution in [2.75, 3.05) is 26.2 Å². The van der Waals surface area contributed by atoms with Crippen molar-refractivity contribution in [2.24, 2.45) is 0 Å². The van der Waals surface area contributed by atoms with Crippen LogP contribution in [0, 0.1) is 0 Å². The van der Waals surface area contributed by atoms with Gasteiger partial charge in [0.25, 0.3) is 0 Å². The molecule has 0 amide bonds. The number of alkyl halides is 3. The Hall–Kier alpha value is -1.47. The van der Waals surface area contributed by atoms with Crippen LogP contribution in [0.5, 0.6) is 11.5 Å². The van der Waals surface area contributed by atoms with Crippen molar-refractivity contribution in [1.82, 2.24) is 10.2 Å². The fourth-order valence-electron chi connectivity index (χ4n) is 2.26. The number of piperazine rings is 1. The van der Waals surface area contributed by atoms with Crippen LogP contribution in [0.25, 0.3) is 0 Å². The molecule has 1 saturated heterocycles. The van der Waals surface area contributed by atoms with Crippen molar-refractivity contribution in [3.05, 3.63) is 23.8 Å². The van der Waals surface area contributed by atoms with Crippen LogP contribution in [0.1, 0.15) is 11.6 Å². The molecule has 7 heteroatoms. The van der Waals surface area contributed by atoms with Crippen molar-refractivity contribution in [2.45, 2.75) is 12.2 Å². The number of phenols is 2. The van der Waals surface area contributed by atoms with Gasteiger partial charge < -0.3 is 15.5 Å². The van der Waals surface area contributed by atoms with Crippen molar-refractivity contribution < 1.29 is 23.4 Å². The Kier molecular flexibility index (Phi) is 3.86. The van der Waals surface area contributed by atoms with Gasteiger partial charge in [-0.3, -0.25) is 4.90 Å². The minimum absolute atomic E-state index is 0.0651. The minimum atomic E-state index is -4.43.